The van der Waals surface area contributed by atoms with Crippen molar-refractivity contribution in [1.82, 2.24) is 14.9 Å². The molecule has 0 radical (unpaired) electrons. The third-order valence-electron chi connectivity index (χ3n) is 8.40. The molecule has 1 aliphatic carbocycles. The van der Waals surface area contributed by atoms with E-state index in [4.69, 9.17) is 4.74 Å². The number of carbonyl (C=O) groups is 1. The first kappa shape index (κ1) is 25.1. The van der Waals surface area contributed by atoms with E-state index >= 15 is 0 Å². The Labute approximate surface area is 219 Å². The van der Waals surface area contributed by atoms with Gasteiger partial charge in [0.05, 0.1) is 25.3 Å². The third-order valence-corrected chi connectivity index (χ3v) is 8.40. The van der Waals surface area contributed by atoms with Crippen LogP contribution in [0.3, 0.4) is 0 Å². The van der Waals surface area contributed by atoms with Gasteiger partial charge in [0, 0.05) is 54.6 Å². The molecule has 6 rings (SSSR count). The highest BCUT2D eigenvalue weighted by Gasteiger charge is 2.41. The lowest BCUT2D eigenvalue weighted by Crippen LogP contribution is -2.47. The summed E-state index contributed by atoms with van der Waals surface area (Å²) in [7, 11) is 1.94. The monoisotopic (exact) mass is 524 g/mol. The molecule has 3 aromatic rings. The number of nitrogens with one attached hydrogen (secondary N) is 1. The van der Waals surface area contributed by atoms with Crippen molar-refractivity contribution in [1.29, 1.82) is 0 Å². The Morgan fingerprint density at radius 3 is 2.61 bits per heavy atom. The second-order valence-corrected chi connectivity index (χ2v) is 11.1. The highest BCUT2D eigenvalue weighted by atomic mass is 19.4. The number of aromatic nitrogens is 2. The predicted molar refractivity (Wildman–Crippen MR) is 137 cm³/mol. The maximum atomic E-state index is 14.2. The molecule has 0 bridgehead atoms. The fourth-order valence-corrected chi connectivity index (χ4v) is 5.87. The van der Waals surface area contributed by atoms with Crippen LogP contribution in [0, 0.1) is 5.92 Å². The van der Waals surface area contributed by atoms with Gasteiger partial charge in [0.1, 0.15) is 5.82 Å². The van der Waals surface area contributed by atoms with Crippen molar-refractivity contribution in [3.05, 3.63) is 82.4 Å². The number of aryl methyl sites for hydroxylation is 1. The molecule has 6 nitrogen and oxygen atoms in total. The van der Waals surface area contributed by atoms with Gasteiger partial charge in [-0.3, -0.25) is 4.79 Å². The van der Waals surface area contributed by atoms with E-state index in [-0.39, 0.29) is 35.0 Å². The van der Waals surface area contributed by atoms with Gasteiger partial charge in [0.25, 0.3) is 5.91 Å². The van der Waals surface area contributed by atoms with E-state index < -0.39 is 17.6 Å². The van der Waals surface area contributed by atoms with E-state index in [1.54, 1.807) is 18.3 Å². The molecule has 1 saturated heterocycles. The van der Waals surface area contributed by atoms with Crippen LogP contribution in [-0.2, 0) is 31.1 Å². The van der Waals surface area contributed by atoms with Crippen molar-refractivity contribution in [2.75, 3.05) is 18.1 Å². The molecule has 1 amide bonds. The smallest absolute Gasteiger partial charge is 0.381 e. The number of halogens is 3. The van der Waals surface area contributed by atoms with Crippen molar-refractivity contribution in [2.45, 2.75) is 56.9 Å². The fraction of sp³-hybridized carbons (Fsp3) is 0.448. The molecule has 0 spiro atoms. The molecule has 0 unspecified atom stereocenters. The Morgan fingerprint density at radius 2 is 2.00 bits per heavy atom. The molecule has 9 heteroatoms. The van der Waals surface area contributed by atoms with Crippen molar-refractivity contribution in [3.63, 3.8) is 0 Å². The van der Waals surface area contributed by atoms with Crippen LogP contribution >= 0.6 is 0 Å². The van der Waals surface area contributed by atoms with Gasteiger partial charge in [-0.15, -0.1) is 0 Å². The summed E-state index contributed by atoms with van der Waals surface area (Å²) in [5.74, 6) is 0.685. The molecule has 38 heavy (non-hydrogen) atoms. The molecule has 200 valence electrons. The second kappa shape index (κ2) is 9.24. The van der Waals surface area contributed by atoms with E-state index in [1.807, 2.05) is 36.0 Å². The van der Waals surface area contributed by atoms with Crippen molar-refractivity contribution in [2.24, 2.45) is 13.0 Å². The average molecular weight is 525 g/mol. The lowest BCUT2D eigenvalue weighted by molar-refractivity contribution is -0.138. The zero-order chi connectivity index (χ0) is 26.7. The highest BCUT2D eigenvalue weighted by molar-refractivity contribution is 6.10. The Morgan fingerprint density at radius 1 is 1.21 bits per heavy atom. The standard InChI is InChI=1S/C29H31F3N4O2/c1-28(7-4-8-28)34-14-18-11-22-23(24(12-18)29(30,31)32)15-36(27(22)37)21-6-3-5-19(13-21)25(20-16-38-17-20)26-33-9-10-35(26)2/h3,5-6,9-13,20,25,34H,4,7-8,14-17H2,1-2H3/t25-/m0/s1. The van der Waals surface area contributed by atoms with Crippen LogP contribution in [0.4, 0.5) is 18.9 Å². The minimum Gasteiger partial charge on any atom is -0.381 e. The van der Waals surface area contributed by atoms with Crippen molar-refractivity contribution >= 4 is 11.6 Å². The Hall–Kier alpha value is -3.17. The fourth-order valence-electron chi connectivity index (χ4n) is 5.87. The van der Waals surface area contributed by atoms with Crippen molar-refractivity contribution in [3.8, 4) is 0 Å². The molecule has 1 saturated carbocycles. The zero-order valence-electron chi connectivity index (χ0n) is 21.5. The normalized spacial score (nSPS) is 19.7. The predicted octanol–water partition coefficient (Wildman–Crippen LogP) is 5.41. The molecule has 1 aromatic heterocycles. The summed E-state index contributed by atoms with van der Waals surface area (Å²) in [6.07, 6.45) is 2.21. The minimum atomic E-state index is -4.55. The summed E-state index contributed by atoms with van der Waals surface area (Å²) < 4.78 is 49.9. The minimum absolute atomic E-state index is 0.0413. The number of hydrogen-bond acceptors (Lipinski definition) is 4. The van der Waals surface area contributed by atoms with Gasteiger partial charge in [-0.25, -0.2) is 4.98 Å². The first-order valence-electron chi connectivity index (χ1n) is 13.1. The quantitative estimate of drug-likeness (QED) is 0.449. The largest absolute Gasteiger partial charge is 0.416 e. The van der Waals surface area contributed by atoms with E-state index in [2.05, 4.69) is 17.2 Å². The van der Waals surface area contributed by atoms with Gasteiger partial charge in [0.15, 0.2) is 0 Å². The van der Waals surface area contributed by atoms with Crippen LogP contribution in [0.25, 0.3) is 0 Å². The number of amides is 1. The van der Waals surface area contributed by atoms with Crippen LogP contribution < -0.4 is 10.2 Å². The lowest BCUT2D eigenvalue weighted by Gasteiger charge is -2.39. The Kier molecular flexibility index (Phi) is 6.11. The topological polar surface area (TPSA) is 59.4 Å². The molecule has 3 heterocycles. The molecular weight excluding hydrogens is 493 g/mol. The number of hydrogen-bond donors (Lipinski definition) is 1. The molecular formula is C29H31F3N4O2. The Bertz CT molecular complexity index is 1370. The number of ether oxygens (including phenoxy) is 1. The van der Waals surface area contributed by atoms with Gasteiger partial charge < -0.3 is 19.5 Å². The summed E-state index contributed by atoms with van der Waals surface area (Å²) in [6.45, 7) is 3.49. The van der Waals surface area contributed by atoms with E-state index in [1.165, 1.54) is 11.0 Å². The molecule has 1 atom stereocenters. The molecule has 2 fully saturated rings. The summed E-state index contributed by atoms with van der Waals surface area (Å²) in [5.41, 5.74) is 1.42. The van der Waals surface area contributed by atoms with Crippen LogP contribution in [0.2, 0.25) is 0 Å². The van der Waals surface area contributed by atoms with E-state index in [0.29, 0.717) is 31.0 Å². The van der Waals surface area contributed by atoms with Gasteiger partial charge in [-0.2, -0.15) is 13.2 Å². The summed E-state index contributed by atoms with van der Waals surface area (Å²) in [5, 5.41) is 3.39. The first-order chi connectivity index (χ1) is 18.1. The van der Waals surface area contributed by atoms with Gasteiger partial charge in [-0.05, 0) is 67.1 Å². The number of imidazole rings is 1. The first-order valence-corrected chi connectivity index (χ1v) is 13.1. The molecule has 3 aliphatic rings. The highest BCUT2D eigenvalue weighted by Crippen LogP contribution is 2.41. The number of benzene rings is 2. The Balaban J connectivity index is 1.33. The summed E-state index contributed by atoms with van der Waals surface area (Å²) in [6, 6.07) is 10.4. The second-order valence-electron chi connectivity index (χ2n) is 11.1. The van der Waals surface area contributed by atoms with E-state index in [0.717, 1.165) is 30.7 Å². The van der Waals surface area contributed by atoms with Gasteiger partial charge >= 0.3 is 6.18 Å². The number of alkyl halides is 3. The SMILES string of the molecule is Cn1ccnc1[C@@H](c1cccc(N2Cc3c(cc(CNC4(C)CCC4)cc3C(F)(F)F)C2=O)c1)C1COC1. The number of nitrogens with zero attached hydrogens (tertiary/aromatic N) is 3. The maximum Gasteiger partial charge on any atom is 0.416 e. The van der Waals surface area contributed by atoms with Crippen LogP contribution in [0.15, 0.2) is 48.8 Å². The van der Waals surface area contributed by atoms with Gasteiger partial charge in [-0.1, -0.05) is 12.1 Å². The summed E-state index contributed by atoms with van der Waals surface area (Å²) >= 11 is 0. The lowest BCUT2D eigenvalue weighted by atomic mass is 9.78. The van der Waals surface area contributed by atoms with Crippen LogP contribution in [0.1, 0.15) is 70.5 Å². The zero-order valence-corrected chi connectivity index (χ0v) is 21.5. The third kappa shape index (κ3) is 4.41. The molecule has 1 N–H and O–H groups in total. The van der Waals surface area contributed by atoms with Crippen LogP contribution in [0.5, 0.6) is 0 Å². The van der Waals surface area contributed by atoms with Crippen LogP contribution in [-0.4, -0.2) is 34.2 Å². The number of carbonyl (C=O) groups excluding carboxylic acids is 1. The van der Waals surface area contributed by atoms with Crippen molar-refractivity contribution < 1.29 is 22.7 Å². The number of rotatable bonds is 7. The van der Waals surface area contributed by atoms with Gasteiger partial charge in [0.2, 0.25) is 0 Å². The molecule has 2 aliphatic heterocycles. The van der Waals surface area contributed by atoms with E-state index in [9.17, 15) is 18.0 Å². The maximum absolute atomic E-state index is 14.2. The summed E-state index contributed by atoms with van der Waals surface area (Å²) in [4.78, 5) is 19.6. The number of anilines is 1. The molecule has 2 aromatic carbocycles. The number of fused-ring (bicyclic) bond motifs is 1. The average Bonchev–Trinajstić information content (AvgIpc) is 3.40.